The van der Waals surface area contributed by atoms with Gasteiger partial charge in [0.2, 0.25) is 0 Å². The van der Waals surface area contributed by atoms with Crippen molar-refractivity contribution in [2.45, 2.75) is 20.4 Å². The molecule has 1 aliphatic rings. The lowest BCUT2D eigenvalue weighted by Gasteiger charge is -2.33. The molecule has 1 saturated heterocycles. The van der Waals surface area contributed by atoms with Crippen LogP contribution in [0.25, 0.3) is 0 Å². The Hall–Kier alpha value is -2.24. The van der Waals surface area contributed by atoms with Crippen molar-refractivity contribution in [2.75, 3.05) is 44.2 Å². The molecule has 150 valence electrons. The second-order valence-corrected chi connectivity index (χ2v) is 7.45. The molecule has 0 saturated carbocycles. The standard InChI is InChI=1S/C22H29ClN4O/c1-3-26(4-2)21-10-7-19(22(28)15-21)16-24-27-13-11-25(12-14-27)17-18-5-8-20(23)9-6-18/h5-10,15-16,28H,3-4,11-14,17H2,1-2H3. The number of phenols is 1. The van der Waals surface area contributed by atoms with Crippen LogP contribution in [0, 0.1) is 0 Å². The van der Waals surface area contributed by atoms with E-state index in [-0.39, 0.29) is 5.75 Å². The maximum atomic E-state index is 10.3. The van der Waals surface area contributed by atoms with Gasteiger partial charge in [-0.1, -0.05) is 23.7 Å². The average Bonchev–Trinajstić information content (AvgIpc) is 2.71. The molecule has 1 N–H and O–H groups in total. The molecule has 0 bridgehead atoms. The number of hydrogen-bond acceptors (Lipinski definition) is 5. The predicted molar refractivity (Wildman–Crippen MR) is 118 cm³/mol. The van der Waals surface area contributed by atoms with E-state index >= 15 is 0 Å². The van der Waals surface area contributed by atoms with Crippen molar-refractivity contribution in [3.63, 3.8) is 0 Å². The monoisotopic (exact) mass is 400 g/mol. The van der Waals surface area contributed by atoms with E-state index in [2.05, 4.69) is 45.9 Å². The van der Waals surface area contributed by atoms with Gasteiger partial charge in [-0.25, -0.2) is 0 Å². The molecule has 0 aliphatic carbocycles. The molecule has 6 heteroatoms. The van der Waals surface area contributed by atoms with Crippen LogP contribution in [0.15, 0.2) is 47.6 Å². The lowest BCUT2D eigenvalue weighted by molar-refractivity contribution is 0.131. The number of phenolic OH excluding ortho intramolecular Hbond substituents is 1. The van der Waals surface area contributed by atoms with Crippen molar-refractivity contribution in [1.29, 1.82) is 0 Å². The number of piperazine rings is 1. The molecule has 0 spiro atoms. The zero-order chi connectivity index (χ0) is 19.9. The molecule has 2 aromatic carbocycles. The van der Waals surface area contributed by atoms with Crippen molar-refractivity contribution in [1.82, 2.24) is 9.91 Å². The van der Waals surface area contributed by atoms with Crippen molar-refractivity contribution in [3.8, 4) is 5.75 Å². The highest BCUT2D eigenvalue weighted by Gasteiger charge is 2.15. The zero-order valence-electron chi connectivity index (χ0n) is 16.7. The molecule has 28 heavy (non-hydrogen) atoms. The summed E-state index contributed by atoms with van der Waals surface area (Å²) in [6, 6.07) is 13.8. The summed E-state index contributed by atoms with van der Waals surface area (Å²) >= 11 is 5.95. The van der Waals surface area contributed by atoms with E-state index in [1.807, 2.05) is 30.3 Å². The van der Waals surface area contributed by atoms with E-state index in [9.17, 15) is 5.11 Å². The van der Waals surface area contributed by atoms with Gasteiger partial charge in [0.05, 0.1) is 6.21 Å². The first-order valence-corrected chi connectivity index (χ1v) is 10.3. The number of hydrogen-bond donors (Lipinski definition) is 1. The third-order valence-electron chi connectivity index (χ3n) is 5.17. The van der Waals surface area contributed by atoms with Crippen LogP contribution in [-0.2, 0) is 6.54 Å². The number of aromatic hydroxyl groups is 1. The molecule has 2 aromatic rings. The van der Waals surface area contributed by atoms with Crippen molar-refractivity contribution < 1.29 is 5.11 Å². The molecule has 0 aromatic heterocycles. The highest BCUT2D eigenvalue weighted by molar-refractivity contribution is 6.30. The van der Waals surface area contributed by atoms with Gasteiger partial charge >= 0.3 is 0 Å². The highest BCUT2D eigenvalue weighted by atomic mass is 35.5. The highest BCUT2D eigenvalue weighted by Crippen LogP contribution is 2.23. The third kappa shape index (κ3) is 5.40. The van der Waals surface area contributed by atoms with Crippen LogP contribution < -0.4 is 4.90 Å². The van der Waals surface area contributed by atoms with Gasteiger partial charge in [-0.15, -0.1) is 0 Å². The van der Waals surface area contributed by atoms with Gasteiger partial charge < -0.3 is 10.0 Å². The number of nitrogens with zero attached hydrogens (tertiary/aromatic N) is 4. The zero-order valence-corrected chi connectivity index (χ0v) is 17.4. The quantitative estimate of drug-likeness (QED) is 0.712. The van der Waals surface area contributed by atoms with Crippen molar-refractivity contribution >= 4 is 23.5 Å². The van der Waals surface area contributed by atoms with Crippen LogP contribution in [0.1, 0.15) is 25.0 Å². The molecular weight excluding hydrogens is 372 g/mol. The van der Waals surface area contributed by atoms with Crippen LogP contribution in [0.5, 0.6) is 5.75 Å². The van der Waals surface area contributed by atoms with Crippen LogP contribution in [0.2, 0.25) is 5.02 Å². The summed E-state index contributed by atoms with van der Waals surface area (Å²) in [6.07, 6.45) is 1.76. The molecule has 0 atom stereocenters. The van der Waals surface area contributed by atoms with Crippen molar-refractivity contribution in [2.24, 2.45) is 5.10 Å². The van der Waals surface area contributed by atoms with Crippen LogP contribution in [0.3, 0.4) is 0 Å². The first kappa shape index (κ1) is 20.5. The molecule has 1 aliphatic heterocycles. The maximum Gasteiger partial charge on any atom is 0.126 e. The fraction of sp³-hybridized carbons (Fsp3) is 0.409. The fourth-order valence-electron chi connectivity index (χ4n) is 3.43. The van der Waals surface area contributed by atoms with E-state index in [1.54, 1.807) is 6.21 Å². The molecule has 0 amide bonds. The number of rotatable bonds is 7. The summed E-state index contributed by atoms with van der Waals surface area (Å²) in [5.41, 5.74) is 3.06. The third-order valence-corrected chi connectivity index (χ3v) is 5.42. The SMILES string of the molecule is CCN(CC)c1ccc(C=NN2CCN(Cc3ccc(Cl)cc3)CC2)c(O)c1. The maximum absolute atomic E-state index is 10.3. The number of halogens is 1. The van der Waals surface area contributed by atoms with Gasteiger partial charge in [-0.05, 0) is 43.7 Å². The summed E-state index contributed by atoms with van der Waals surface area (Å²) in [6.45, 7) is 10.7. The summed E-state index contributed by atoms with van der Waals surface area (Å²) < 4.78 is 0. The first-order chi connectivity index (χ1) is 13.6. The van der Waals surface area contributed by atoms with Gasteiger partial charge in [0.1, 0.15) is 5.75 Å². The van der Waals surface area contributed by atoms with Gasteiger partial charge in [-0.2, -0.15) is 5.10 Å². The molecule has 1 heterocycles. The van der Waals surface area contributed by atoms with Crippen LogP contribution >= 0.6 is 11.6 Å². The smallest absolute Gasteiger partial charge is 0.126 e. The van der Waals surface area contributed by atoms with E-state index in [0.717, 1.165) is 62.1 Å². The van der Waals surface area contributed by atoms with Gasteiger partial charge in [0.25, 0.3) is 0 Å². The summed E-state index contributed by atoms with van der Waals surface area (Å²) in [7, 11) is 0. The van der Waals surface area contributed by atoms with Gasteiger partial charge in [0, 0.05) is 68.2 Å². The summed E-state index contributed by atoms with van der Waals surface area (Å²) in [4.78, 5) is 4.63. The molecule has 5 nitrogen and oxygen atoms in total. The second-order valence-electron chi connectivity index (χ2n) is 7.02. The summed E-state index contributed by atoms with van der Waals surface area (Å²) in [5, 5.41) is 17.7. The Morgan fingerprint density at radius 3 is 2.32 bits per heavy atom. The largest absolute Gasteiger partial charge is 0.507 e. The molecule has 3 rings (SSSR count). The molecular formula is C22H29ClN4O. The molecule has 0 radical (unpaired) electrons. The fourth-order valence-corrected chi connectivity index (χ4v) is 3.56. The van der Waals surface area contributed by atoms with E-state index in [4.69, 9.17) is 11.6 Å². The minimum absolute atomic E-state index is 0.273. The Balaban J connectivity index is 1.52. The van der Waals surface area contributed by atoms with E-state index in [1.165, 1.54) is 5.56 Å². The number of hydrazone groups is 1. The van der Waals surface area contributed by atoms with E-state index < -0.39 is 0 Å². The first-order valence-electron chi connectivity index (χ1n) is 9.92. The van der Waals surface area contributed by atoms with Crippen LogP contribution in [0.4, 0.5) is 5.69 Å². The molecule has 0 unspecified atom stereocenters. The summed E-state index contributed by atoms with van der Waals surface area (Å²) in [5.74, 6) is 0.273. The second kappa shape index (κ2) is 9.80. The van der Waals surface area contributed by atoms with Gasteiger partial charge in [0.15, 0.2) is 0 Å². The van der Waals surface area contributed by atoms with Gasteiger partial charge in [-0.3, -0.25) is 9.91 Å². The topological polar surface area (TPSA) is 42.3 Å². The minimum Gasteiger partial charge on any atom is -0.507 e. The lowest BCUT2D eigenvalue weighted by Crippen LogP contribution is -2.43. The lowest BCUT2D eigenvalue weighted by atomic mass is 10.2. The van der Waals surface area contributed by atoms with Crippen LogP contribution in [-0.4, -0.2) is 60.5 Å². The van der Waals surface area contributed by atoms with Crippen molar-refractivity contribution in [3.05, 3.63) is 58.6 Å². The minimum atomic E-state index is 0.273. The normalized spacial score (nSPS) is 15.3. The number of anilines is 1. The predicted octanol–water partition coefficient (Wildman–Crippen LogP) is 4.04. The average molecular weight is 401 g/mol. The Labute approximate surface area is 172 Å². The van der Waals surface area contributed by atoms with E-state index in [0.29, 0.717) is 0 Å². The number of benzene rings is 2. The Bertz CT molecular complexity index is 782. The Morgan fingerprint density at radius 2 is 1.71 bits per heavy atom. The molecule has 1 fully saturated rings. The Kier molecular flexibility index (Phi) is 7.18. The Morgan fingerprint density at radius 1 is 1.04 bits per heavy atom.